The molecule has 13 heavy (non-hydrogen) atoms. The number of carboxylic acids is 1. The maximum atomic E-state index is 10.6. The summed E-state index contributed by atoms with van der Waals surface area (Å²) in [6.45, 7) is 0. The molecule has 0 amide bonds. The van der Waals surface area contributed by atoms with Crippen LogP contribution in [0.25, 0.3) is 0 Å². The van der Waals surface area contributed by atoms with E-state index in [9.17, 15) is 4.79 Å². The molecule has 0 spiro atoms. The van der Waals surface area contributed by atoms with Crippen LogP contribution in [0.5, 0.6) is 0 Å². The van der Waals surface area contributed by atoms with Gasteiger partial charge in [0.05, 0.1) is 12.5 Å². The summed E-state index contributed by atoms with van der Waals surface area (Å²) in [5.74, 6) is -1.05. The van der Waals surface area contributed by atoms with Crippen LogP contribution in [0.3, 0.4) is 0 Å². The highest BCUT2D eigenvalue weighted by Gasteiger charge is 2.15. The summed E-state index contributed by atoms with van der Waals surface area (Å²) in [6, 6.07) is 1.93. The van der Waals surface area contributed by atoms with Crippen LogP contribution in [-0.2, 0) is 4.79 Å². The highest BCUT2D eigenvalue weighted by Crippen LogP contribution is 2.12. The molecule has 1 aliphatic rings. The molecule has 0 aromatic carbocycles. The van der Waals surface area contributed by atoms with Gasteiger partial charge in [-0.25, -0.2) is 9.79 Å². The molecule has 0 aromatic rings. The average Bonchev–Trinajstić information content (AvgIpc) is 2.15. The third-order valence-electron chi connectivity index (χ3n) is 1.59. The van der Waals surface area contributed by atoms with Crippen LogP contribution >= 0.6 is 0 Å². The van der Waals surface area contributed by atoms with Crippen molar-refractivity contribution in [1.82, 2.24) is 0 Å². The number of nitrogens with zero attached hydrogens (tertiary/aromatic N) is 2. The third-order valence-corrected chi connectivity index (χ3v) is 1.59. The molecule has 1 N–H and O–H groups in total. The monoisotopic (exact) mass is 176 g/mol. The maximum absolute atomic E-state index is 10.6. The lowest BCUT2D eigenvalue weighted by Gasteiger charge is -2.06. The highest BCUT2D eigenvalue weighted by molar-refractivity contribution is 6.42. The summed E-state index contributed by atoms with van der Waals surface area (Å²) in [6.07, 6.45) is 5.57. The van der Waals surface area contributed by atoms with Gasteiger partial charge in [-0.1, -0.05) is 12.2 Å². The van der Waals surface area contributed by atoms with Crippen LogP contribution in [0.4, 0.5) is 0 Å². The van der Waals surface area contributed by atoms with E-state index in [-0.39, 0.29) is 12.1 Å². The average molecular weight is 176 g/mol. The Labute approximate surface area is 75.5 Å². The van der Waals surface area contributed by atoms with Gasteiger partial charge in [0.15, 0.2) is 5.71 Å². The van der Waals surface area contributed by atoms with Gasteiger partial charge in [-0.15, -0.1) is 0 Å². The van der Waals surface area contributed by atoms with E-state index < -0.39 is 5.97 Å². The molecule has 0 aromatic heterocycles. The van der Waals surface area contributed by atoms with Crippen molar-refractivity contribution < 1.29 is 9.90 Å². The van der Waals surface area contributed by atoms with E-state index in [1.54, 1.807) is 12.2 Å². The van der Waals surface area contributed by atoms with Crippen LogP contribution in [0.1, 0.15) is 12.8 Å². The predicted molar refractivity (Wildman–Crippen MR) is 47.1 cm³/mol. The number of hydrogen-bond acceptors (Lipinski definition) is 3. The van der Waals surface area contributed by atoms with E-state index in [0.29, 0.717) is 12.0 Å². The molecule has 0 saturated carbocycles. The second kappa shape index (κ2) is 4.21. The van der Waals surface area contributed by atoms with Gasteiger partial charge in [-0.05, 0) is 12.0 Å². The number of carboxylic acid groups (broad SMARTS) is 1. The number of hydrogen-bond donors (Lipinski definition) is 1. The second-order valence-corrected chi connectivity index (χ2v) is 2.46. The van der Waals surface area contributed by atoms with Crippen molar-refractivity contribution in [3.05, 3.63) is 23.9 Å². The molecule has 0 saturated heterocycles. The van der Waals surface area contributed by atoms with Crippen molar-refractivity contribution in [2.45, 2.75) is 12.8 Å². The van der Waals surface area contributed by atoms with Gasteiger partial charge in [0.2, 0.25) is 0 Å². The lowest BCUT2D eigenvalue weighted by molar-refractivity contribution is -0.129. The zero-order chi connectivity index (χ0) is 9.68. The van der Waals surface area contributed by atoms with Gasteiger partial charge < -0.3 is 5.11 Å². The summed E-state index contributed by atoms with van der Waals surface area (Å²) >= 11 is 0. The number of carbonyl (C=O) groups is 1. The van der Waals surface area contributed by atoms with Crippen molar-refractivity contribution in [3.63, 3.8) is 0 Å². The minimum absolute atomic E-state index is 0.0396. The molecule has 0 bridgehead atoms. The molecule has 66 valence electrons. The molecule has 0 aliphatic carbocycles. The second-order valence-electron chi connectivity index (χ2n) is 2.46. The zero-order valence-electron chi connectivity index (χ0n) is 6.90. The van der Waals surface area contributed by atoms with Crippen molar-refractivity contribution in [1.29, 1.82) is 5.26 Å². The van der Waals surface area contributed by atoms with E-state index >= 15 is 0 Å². The molecule has 4 heteroatoms. The lowest BCUT2D eigenvalue weighted by Crippen LogP contribution is -2.16. The van der Waals surface area contributed by atoms with Crippen molar-refractivity contribution >= 4 is 11.7 Å². The first-order chi connectivity index (χ1) is 6.25. The number of rotatable bonds is 2. The summed E-state index contributed by atoms with van der Waals surface area (Å²) in [7, 11) is 0. The Balaban J connectivity index is 2.88. The minimum Gasteiger partial charge on any atom is -0.477 e. The van der Waals surface area contributed by atoms with Crippen LogP contribution in [-0.4, -0.2) is 16.8 Å². The van der Waals surface area contributed by atoms with Crippen LogP contribution in [0.15, 0.2) is 28.9 Å². The molecule has 0 radical (unpaired) electrons. The topological polar surface area (TPSA) is 73.5 Å². The third kappa shape index (κ3) is 2.27. The lowest BCUT2D eigenvalue weighted by atomic mass is 10.0. The highest BCUT2D eigenvalue weighted by atomic mass is 16.4. The Morgan fingerprint density at radius 3 is 3.23 bits per heavy atom. The standard InChI is InChI=1S/C9H8N2O2/c10-5-1-3-7-4-2-6-11-8(7)9(12)13/h2-3,6H,1,4H2,(H,12,13). The quantitative estimate of drug-likeness (QED) is 0.688. The van der Waals surface area contributed by atoms with E-state index in [0.717, 1.165) is 0 Å². The molecule has 0 unspecified atom stereocenters. The molecule has 0 fully saturated rings. The first kappa shape index (κ1) is 9.20. The van der Waals surface area contributed by atoms with Crippen molar-refractivity contribution in [3.8, 4) is 6.07 Å². The number of allylic oxidation sites excluding steroid dienone is 2. The fraction of sp³-hybridized carbons (Fsp3) is 0.222. The predicted octanol–water partition coefficient (Wildman–Crippen LogP) is 1.27. The largest absolute Gasteiger partial charge is 0.477 e. The normalized spacial score (nSPS) is 18.1. The Morgan fingerprint density at radius 1 is 1.85 bits per heavy atom. The van der Waals surface area contributed by atoms with Gasteiger partial charge in [0, 0.05) is 6.20 Å². The smallest absolute Gasteiger partial charge is 0.354 e. The Kier molecular flexibility index (Phi) is 2.98. The Bertz CT molecular complexity index is 345. The fourth-order valence-corrected chi connectivity index (χ4v) is 1.03. The Morgan fingerprint density at radius 2 is 2.62 bits per heavy atom. The van der Waals surface area contributed by atoms with Crippen LogP contribution in [0, 0.1) is 11.3 Å². The van der Waals surface area contributed by atoms with E-state index in [1.807, 2.05) is 6.07 Å². The van der Waals surface area contributed by atoms with Gasteiger partial charge >= 0.3 is 5.97 Å². The van der Waals surface area contributed by atoms with Crippen LogP contribution in [0.2, 0.25) is 0 Å². The molecule has 1 aliphatic heterocycles. The van der Waals surface area contributed by atoms with E-state index in [4.69, 9.17) is 10.4 Å². The summed E-state index contributed by atoms with van der Waals surface area (Å²) in [4.78, 5) is 14.4. The first-order valence-electron chi connectivity index (χ1n) is 3.78. The molecule has 0 atom stereocenters. The van der Waals surface area contributed by atoms with Crippen molar-refractivity contribution in [2.75, 3.05) is 0 Å². The molecule has 4 nitrogen and oxygen atoms in total. The molecule has 1 heterocycles. The van der Waals surface area contributed by atoms with Gasteiger partial charge in [-0.2, -0.15) is 5.26 Å². The Hall–Kier alpha value is -1.89. The summed E-state index contributed by atoms with van der Waals surface area (Å²) in [5, 5.41) is 17.0. The number of aliphatic imine (C=N–C) groups is 1. The van der Waals surface area contributed by atoms with Gasteiger partial charge in [-0.3, -0.25) is 0 Å². The molecule has 1 rings (SSSR count). The molecular weight excluding hydrogens is 168 g/mol. The summed E-state index contributed by atoms with van der Waals surface area (Å²) < 4.78 is 0. The first-order valence-corrected chi connectivity index (χ1v) is 3.78. The van der Waals surface area contributed by atoms with Crippen LogP contribution < -0.4 is 0 Å². The van der Waals surface area contributed by atoms with Gasteiger partial charge in [0.25, 0.3) is 0 Å². The minimum atomic E-state index is -1.05. The summed E-state index contributed by atoms with van der Waals surface area (Å²) in [5.41, 5.74) is 0.648. The van der Waals surface area contributed by atoms with E-state index in [1.165, 1.54) is 6.20 Å². The number of aliphatic carboxylic acids is 1. The zero-order valence-corrected chi connectivity index (χ0v) is 6.90. The molecular formula is C9H8N2O2. The van der Waals surface area contributed by atoms with E-state index in [2.05, 4.69) is 4.99 Å². The van der Waals surface area contributed by atoms with Gasteiger partial charge in [0.1, 0.15) is 0 Å². The van der Waals surface area contributed by atoms with Crippen molar-refractivity contribution in [2.24, 2.45) is 4.99 Å². The fourth-order valence-electron chi connectivity index (χ4n) is 1.03. The SMILES string of the molecule is N#CCC=C1CC=CN=C1C(=O)O. The number of nitriles is 1. The maximum Gasteiger partial charge on any atom is 0.354 e.